The third kappa shape index (κ3) is 2.56. The maximum Gasteiger partial charge on any atom is 0.250 e. The molecule has 6 nitrogen and oxygen atoms in total. The Hall–Kier alpha value is -1.76. The van der Waals surface area contributed by atoms with E-state index in [2.05, 4.69) is 0 Å². The number of carbonyl (C=O) groups is 1. The van der Waals surface area contributed by atoms with Gasteiger partial charge in [-0.3, -0.25) is 4.79 Å². The lowest BCUT2D eigenvalue weighted by atomic mass is 10.1. The van der Waals surface area contributed by atoms with Crippen molar-refractivity contribution in [1.29, 1.82) is 0 Å². The standard InChI is InChI=1S/C11H15N3O3S/c12-10-2-1-8(7-9(10)11(13)15)14-3-5-18(16,17)6-4-14/h1-2,7H,3-6,12H2,(H2,13,15). The maximum atomic E-state index is 11.3. The second-order valence-electron chi connectivity index (χ2n) is 4.27. The Morgan fingerprint density at radius 1 is 1.22 bits per heavy atom. The minimum Gasteiger partial charge on any atom is -0.398 e. The molecule has 0 aliphatic carbocycles. The number of nitrogen functional groups attached to an aromatic ring is 1. The number of nitrogens with zero attached hydrogens (tertiary/aromatic N) is 1. The summed E-state index contributed by atoms with van der Waals surface area (Å²) in [5, 5.41) is 0. The van der Waals surface area contributed by atoms with E-state index in [4.69, 9.17) is 11.5 Å². The Balaban J connectivity index is 2.25. The van der Waals surface area contributed by atoms with E-state index in [1.54, 1.807) is 18.2 Å². The first-order chi connectivity index (χ1) is 8.39. The van der Waals surface area contributed by atoms with Gasteiger partial charge in [-0.25, -0.2) is 8.42 Å². The molecule has 0 bridgehead atoms. The molecule has 98 valence electrons. The average Bonchev–Trinajstić information content (AvgIpc) is 2.30. The minimum absolute atomic E-state index is 0.128. The van der Waals surface area contributed by atoms with Gasteiger partial charge >= 0.3 is 0 Å². The predicted octanol–water partition coefficient (Wildman–Crippen LogP) is -0.397. The topological polar surface area (TPSA) is 106 Å². The van der Waals surface area contributed by atoms with Crippen molar-refractivity contribution in [3.8, 4) is 0 Å². The zero-order valence-corrected chi connectivity index (χ0v) is 10.6. The Kier molecular flexibility index (Phi) is 3.16. The normalized spacial score (nSPS) is 18.6. The van der Waals surface area contributed by atoms with E-state index in [-0.39, 0.29) is 17.1 Å². The number of carbonyl (C=O) groups excluding carboxylic acids is 1. The number of sulfone groups is 1. The highest BCUT2D eigenvalue weighted by Gasteiger charge is 2.22. The molecule has 0 spiro atoms. The predicted molar refractivity (Wildman–Crippen MR) is 70.2 cm³/mol. The third-order valence-electron chi connectivity index (χ3n) is 3.01. The molecule has 1 aromatic carbocycles. The lowest BCUT2D eigenvalue weighted by Crippen LogP contribution is -2.40. The Morgan fingerprint density at radius 2 is 1.83 bits per heavy atom. The summed E-state index contributed by atoms with van der Waals surface area (Å²) < 4.78 is 22.7. The number of primary amides is 1. The van der Waals surface area contributed by atoms with Crippen molar-refractivity contribution in [3.05, 3.63) is 23.8 Å². The van der Waals surface area contributed by atoms with Crippen LogP contribution in [0.3, 0.4) is 0 Å². The van der Waals surface area contributed by atoms with Gasteiger partial charge in [-0.05, 0) is 18.2 Å². The van der Waals surface area contributed by atoms with Crippen LogP contribution < -0.4 is 16.4 Å². The van der Waals surface area contributed by atoms with Crippen LogP contribution in [-0.2, 0) is 9.84 Å². The molecule has 1 amide bonds. The molecule has 1 heterocycles. The van der Waals surface area contributed by atoms with Crippen LogP contribution in [0.25, 0.3) is 0 Å². The maximum absolute atomic E-state index is 11.3. The molecular weight excluding hydrogens is 254 g/mol. The molecule has 0 saturated carbocycles. The molecule has 0 aromatic heterocycles. The Morgan fingerprint density at radius 3 is 2.39 bits per heavy atom. The largest absolute Gasteiger partial charge is 0.398 e. The van der Waals surface area contributed by atoms with Gasteiger partial charge in [-0.1, -0.05) is 0 Å². The molecule has 2 rings (SSSR count). The second-order valence-corrected chi connectivity index (χ2v) is 6.58. The van der Waals surface area contributed by atoms with Crippen molar-refractivity contribution in [1.82, 2.24) is 0 Å². The van der Waals surface area contributed by atoms with Crippen LogP contribution in [0.15, 0.2) is 18.2 Å². The van der Waals surface area contributed by atoms with Crippen molar-refractivity contribution in [2.75, 3.05) is 35.2 Å². The zero-order chi connectivity index (χ0) is 13.3. The number of nitrogens with two attached hydrogens (primary N) is 2. The van der Waals surface area contributed by atoms with E-state index in [9.17, 15) is 13.2 Å². The average molecular weight is 269 g/mol. The molecule has 1 aromatic rings. The molecular formula is C11H15N3O3S. The van der Waals surface area contributed by atoms with Gasteiger partial charge in [0.2, 0.25) is 0 Å². The van der Waals surface area contributed by atoms with E-state index in [0.717, 1.165) is 5.69 Å². The number of amides is 1. The number of rotatable bonds is 2. The monoisotopic (exact) mass is 269 g/mol. The lowest BCUT2D eigenvalue weighted by Gasteiger charge is -2.29. The summed E-state index contributed by atoms with van der Waals surface area (Å²) in [6.07, 6.45) is 0. The van der Waals surface area contributed by atoms with Crippen molar-refractivity contribution in [2.24, 2.45) is 5.73 Å². The molecule has 0 atom stereocenters. The fourth-order valence-corrected chi connectivity index (χ4v) is 3.13. The van der Waals surface area contributed by atoms with E-state index in [0.29, 0.717) is 18.8 Å². The third-order valence-corrected chi connectivity index (χ3v) is 4.62. The van der Waals surface area contributed by atoms with Crippen LogP contribution in [0.1, 0.15) is 10.4 Å². The summed E-state index contributed by atoms with van der Waals surface area (Å²) in [5.41, 5.74) is 12.2. The van der Waals surface area contributed by atoms with Gasteiger partial charge in [0.25, 0.3) is 5.91 Å². The highest BCUT2D eigenvalue weighted by molar-refractivity contribution is 7.91. The number of benzene rings is 1. The van der Waals surface area contributed by atoms with Gasteiger partial charge in [-0.15, -0.1) is 0 Å². The number of anilines is 2. The highest BCUT2D eigenvalue weighted by atomic mass is 32.2. The molecule has 1 aliphatic heterocycles. The lowest BCUT2D eigenvalue weighted by molar-refractivity contribution is 0.100. The van der Waals surface area contributed by atoms with Crippen molar-refractivity contribution in [3.63, 3.8) is 0 Å². The summed E-state index contributed by atoms with van der Waals surface area (Å²) in [6.45, 7) is 0.842. The van der Waals surface area contributed by atoms with Crippen molar-refractivity contribution in [2.45, 2.75) is 0 Å². The Bertz CT molecular complexity index is 569. The summed E-state index contributed by atoms with van der Waals surface area (Å²) >= 11 is 0. The molecule has 0 unspecified atom stereocenters. The van der Waals surface area contributed by atoms with Crippen LogP contribution in [0, 0.1) is 0 Å². The SMILES string of the molecule is NC(=O)c1cc(N2CCS(=O)(=O)CC2)ccc1N. The van der Waals surface area contributed by atoms with Gasteiger partial charge in [0.1, 0.15) is 0 Å². The van der Waals surface area contributed by atoms with E-state index >= 15 is 0 Å². The van der Waals surface area contributed by atoms with Crippen LogP contribution >= 0.6 is 0 Å². The van der Waals surface area contributed by atoms with Gasteiger partial charge in [0, 0.05) is 24.5 Å². The first kappa shape index (κ1) is 12.7. The number of hydrogen-bond donors (Lipinski definition) is 2. The molecule has 7 heteroatoms. The van der Waals surface area contributed by atoms with E-state index in [1.807, 2.05) is 4.90 Å². The quantitative estimate of drug-likeness (QED) is 0.711. The smallest absolute Gasteiger partial charge is 0.250 e. The summed E-state index contributed by atoms with van der Waals surface area (Å²) in [7, 11) is -2.92. The van der Waals surface area contributed by atoms with Crippen molar-refractivity contribution < 1.29 is 13.2 Å². The first-order valence-electron chi connectivity index (χ1n) is 5.54. The fraction of sp³-hybridized carbons (Fsp3) is 0.364. The molecule has 1 aliphatic rings. The second kappa shape index (κ2) is 4.49. The van der Waals surface area contributed by atoms with Crippen LogP contribution in [-0.4, -0.2) is 38.9 Å². The fourth-order valence-electron chi connectivity index (χ4n) is 1.92. The van der Waals surface area contributed by atoms with Crippen LogP contribution in [0.5, 0.6) is 0 Å². The molecule has 4 N–H and O–H groups in total. The summed E-state index contributed by atoms with van der Waals surface area (Å²) in [5.74, 6) is -0.328. The minimum atomic E-state index is -2.92. The zero-order valence-electron chi connectivity index (χ0n) is 9.80. The van der Waals surface area contributed by atoms with E-state index in [1.165, 1.54) is 0 Å². The van der Waals surface area contributed by atoms with E-state index < -0.39 is 15.7 Å². The van der Waals surface area contributed by atoms with Gasteiger partial charge in [0.05, 0.1) is 17.1 Å². The van der Waals surface area contributed by atoms with Crippen molar-refractivity contribution >= 4 is 27.1 Å². The molecule has 1 saturated heterocycles. The summed E-state index contributed by atoms with van der Waals surface area (Å²) in [4.78, 5) is 13.1. The molecule has 18 heavy (non-hydrogen) atoms. The van der Waals surface area contributed by atoms with Gasteiger partial charge < -0.3 is 16.4 Å². The highest BCUT2D eigenvalue weighted by Crippen LogP contribution is 2.22. The summed E-state index contributed by atoms with van der Waals surface area (Å²) in [6, 6.07) is 4.98. The molecule has 0 radical (unpaired) electrons. The first-order valence-corrected chi connectivity index (χ1v) is 7.36. The number of hydrogen-bond acceptors (Lipinski definition) is 5. The van der Waals surface area contributed by atoms with Crippen LogP contribution in [0.4, 0.5) is 11.4 Å². The Labute approximate surface area is 105 Å². The van der Waals surface area contributed by atoms with Gasteiger partial charge in [0.15, 0.2) is 9.84 Å². The van der Waals surface area contributed by atoms with Gasteiger partial charge in [-0.2, -0.15) is 0 Å². The van der Waals surface area contributed by atoms with Crippen LogP contribution in [0.2, 0.25) is 0 Å². The molecule has 1 fully saturated rings.